The van der Waals surface area contributed by atoms with Crippen molar-refractivity contribution in [3.63, 3.8) is 0 Å². The summed E-state index contributed by atoms with van der Waals surface area (Å²) < 4.78 is 18.2. The molecule has 0 amide bonds. The lowest BCUT2D eigenvalue weighted by Crippen LogP contribution is -2.27. The number of hydrogen-bond donors (Lipinski definition) is 2. The van der Waals surface area contributed by atoms with E-state index in [9.17, 15) is 9.18 Å². The molecule has 0 aliphatic heterocycles. The Kier molecular flexibility index (Phi) is 4.97. The van der Waals surface area contributed by atoms with Gasteiger partial charge in [0.25, 0.3) is 0 Å². The molecule has 0 aliphatic carbocycles. The number of hydrazine groups is 1. The van der Waals surface area contributed by atoms with Crippen LogP contribution in [0.5, 0.6) is 5.75 Å². The van der Waals surface area contributed by atoms with Gasteiger partial charge in [0.15, 0.2) is 11.6 Å². The second-order valence-electron chi connectivity index (χ2n) is 2.74. The Morgan fingerprint density at radius 2 is 2.31 bits per heavy atom. The molecule has 5 nitrogen and oxygen atoms in total. The topological polar surface area (TPSA) is 73.6 Å². The minimum absolute atomic E-state index is 0.0544. The fourth-order valence-electron chi connectivity index (χ4n) is 0.974. The van der Waals surface area contributed by atoms with Gasteiger partial charge < -0.3 is 9.57 Å². The van der Waals surface area contributed by atoms with Crippen LogP contribution in [0.1, 0.15) is 6.42 Å². The lowest BCUT2D eigenvalue weighted by atomic mass is 10.3. The molecular formula is C9H10ClFN2O3. The van der Waals surface area contributed by atoms with Gasteiger partial charge in [-0.3, -0.25) is 4.79 Å². The Hall–Kier alpha value is -1.37. The van der Waals surface area contributed by atoms with Crippen molar-refractivity contribution in [1.82, 2.24) is 5.59 Å². The van der Waals surface area contributed by atoms with Crippen molar-refractivity contribution < 1.29 is 18.8 Å². The standard InChI is InChI=1S/C9H10ClFN2O3/c10-6-2-1-3-7(11)9(6)15-5-4-8(14)16-13-12/h1-3,13H,4-5,12H2. The average molecular weight is 249 g/mol. The fraction of sp³-hybridized carbons (Fsp3) is 0.222. The number of halogens is 2. The van der Waals surface area contributed by atoms with Gasteiger partial charge in [0.1, 0.15) is 0 Å². The molecular weight excluding hydrogens is 239 g/mol. The highest BCUT2D eigenvalue weighted by molar-refractivity contribution is 6.32. The van der Waals surface area contributed by atoms with Gasteiger partial charge in [-0.25, -0.2) is 10.2 Å². The van der Waals surface area contributed by atoms with Gasteiger partial charge in [0.2, 0.25) is 0 Å². The number of hydrogen-bond acceptors (Lipinski definition) is 5. The smallest absolute Gasteiger partial charge is 0.329 e. The Bertz CT molecular complexity index is 356. The van der Waals surface area contributed by atoms with Crippen LogP contribution < -0.4 is 16.2 Å². The molecule has 0 saturated carbocycles. The molecule has 0 heterocycles. The molecule has 16 heavy (non-hydrogen) atoms. The predicted molar refractivity (Wildman–Crippen MR) is 54.9 cm³/mol. The molecule has 0 radical (unpaired) electrons. The van der Waals surface area contributed by atoms with Gasteiger partial charge in [0.05, 0.1) is 18.1 Å². The van der Waals surface area contributed by atoms with Crippen LogP contribution in [-0.2, 0) is 9.63 Å². The van der Waals surface area contributed by atoms with Gasteiger partial charge in [0, 0.05) is 0 Å². The molecule has 3 N–H and O–H groups in total. The molecule has 0 unspecified atom stereocenters. The Morgan fingerprint density at radius 1 is 1.56 bits per heavy atom. The Balaban J connectivity index is 2.46. The van der Waals surface area contributed by atoms with E-state index in [2.05, 4.69) is 4.84 Å². The molecule has 0 fully saturated rings. The van der Waals surface area contributed by atoms with Crippen molar-refractivity contribution in [2.24, 2.45) is 5.84 Å². The summed E-state index contributed by atoms with van der Waals surface area (Å²) in [6, 6.07) is 4.15. The first-order valence-corrected chi connectivity index (χ1v) is 4.75. The van der Waals surface area contributed by atoms with Gasteiger partial charge in [-0.1, -0.05) is 23.3 Å². The van der Waals surface area contributed by atoms with Crippen LogP contribution in [0.3, 0.4) is 0 Å². The summed E-state index contributed by atoms with van der Waals surface area (Å²) in [6.07, 6.45) is -0.0745. The van der Waals surface area contributed by atoms with Crippen LogP contribution in [0.4, 0.5) is 4.39 Å². The summed E-state index contributed by atoms with van der Waals surface area (Å²) in [5.41, 5.74) is 1.73. The van der Waals surface area contributed by atoms with E-state index in [0.717, 1.165) is 0 Å². The summed E-state index contributed by atoms with van der Waals surface area (Å²) in [4.78, 5) is 15.1. The molecule has 0 aliphatic rings. The molecule has 1 aromatic carbocycles. The lowest BCUT2D eigenvalue weighted by Gasteiger charge is -2.08. The third kappa shape index (κ3) is 3.65. The van der Waals surface area contributed by atoms with E-state index in [1.54, 1.807) is 5.59 Å². The van der Waals surface area contributed by atoms with Crippen LogP contribution in [-0.4, -0.2) is 12.6 Å². The zero-order valence-electron chi connectivity index (χ0n) is 8.20. The molecule has 0 aromatic heterocycles. The third-order valence-electron chi connectivity index (χ3n) is 1.64. The SMILES string of the molecule is NNOC(=O)CCOc1c(F)cccc1Cl. The zero-order valence-corrected chi connectivity index (χ0v) is 8.96. The Morgan fingerprint density at radius 3 is 2.94 bits per heavy atom. The first-order chi connectivity index (χ1) is 7.65. The quantitative estimate of drug-likeness (QED) is 0.604. The van der Waals surface area contributed by atoms with E-state index in [1.807, 2.05) is 0 Å². The van der Waals surface area contributed by atoms with Crippen LogP contribution in [0.2, 0.25) is 5.02 Å². The second kappa shape index (κ2) is 6.26. The molecule has 0 bridgehead atoms. The highest BCUT2D eigenvalue weighted by atomic mass is 35.5. The van der Waals surface area contributed by atoms with Gasteiger partial charge >= 0.3 is 5.97 Å². The maximum absolute atomic E-state index is 13.2. The van der Waals surface area contributed by atoms with Gasteiger partial charge in [-0.2, -0.15) is 0 Å². The van der Waals surface area contributed by atoms with Gasteiger partial charge in [-0.15, -0.1) is 0 Å². The highest BCUT2D eigenvalue weighted by Gasteiger charge is 2.09. The summed E-state index contributed by atoms with van der Waals surface area (Å²) in [6.45, 7) is -0.0544. The first-order valence-electron chi connectivity index (χ1n) is 4.37. The van der Waals surface area contributed by atoms with E-state index in [0.29, 0.717) is 0 Å². The average Bonchev–Trinajstić information content (AvgIpc) is 2.23. The van der Waals surface area contributed by atoms with E-state index >= 15 is 0 Å². The van der Waals surface area contributed by atoms with Crippen molar-refractivity contribution in [2.45, 2.75) is 6.42 Å². The van der Waals surface area contributed by atoms with Crippen molar-refractivity contribution in [3.05, 3.63) is 29.0 Å². The maximum Gasteiger partial charge on any atom is 0.329 e. The zero-order chi connectivity index (χ0) is 12.0. The fourth-order valence-corrected chi connectivity index (χ4v) is 1.19. The van der Waals surface area contributed by atoms with Crippen LogP contribution in [0.25, 0.3) is 0 Å². The molecule has 0 atom stereocenters. The van der Waals surface area contributed by atoms with Crippen molar-refractivity contribution in [2.75, 3.05) is 6.61 Å². The van der Waals surface area contributed by atoms with Crippen molar-refractivity contribution in [3.8, 4) is 5.75 Å². The molecule has 1 aromatic rings. The predicted octanol–water partition coefficient (Wildman–Crippen LogP) is 1.17. The summed E-state index contributed by atoms with van der Waals surface area (Å²) in [5.74, 6) is 3.46. The van der Waals surface area contributed by atoms with Crippen molar-refractivity contribution in [1.29, 1.82) is 0 Å². The summed E-state index contributed by atoms with van der Waals surface area (Å²) in [7, 11) is 0. The highest BCUT2D eigenvalue weighted by Crippen LogP contribution is 2.27. The number of nitrogens with one attached hydrogen (secondary N) is 1. The number of carbonyl (C=O) groups is 1. The lowest BCUT2D eigenvalue weighted by molar-refractivity contribution is -0.151. The summed E-state index contributed by atoms with van der Waals surface area (Å²) >= 11 is 5.69. The minimum atomic E-state index is -0.616. The molecule has 1 rings (SSSR count). The first kappa shape index (κ1) is 12.7. The van der Waals surface area contributed by atoms with Crippen molar-refractivity contribution >= 4 is 17.6 Å². The molecule has 88 valence electrons. The van der Waals surface area contributed by atoms with E-state index in [4.69, 9.17) is 22.2 Å². The Labute approximate surface area is 96.2 Å². The largest absolute Gasteiger partial charge is 0.488 e. The monoisotopic (exact) mass is 248 g/mol. The molecule has 7 heteroatoms. The number of para-hydroxylation sites is 1. The van der Waals surface area contributed by atoms with E-state index < -0.39 is 11.8 Å². The number of ether oxygens (including phenoxy) is 1. The molecule has 0 saturated heterocycles. The van der Waals surface area contributed by atoms with Crippen LogP contribution >= 0.6 is 11.6 Å². The number of rotatable bonds is 5. The normalized spacial score (nSPS) is 9.94. The number of nitrogens with two attached hydrogens (primary N) is 1. The number of benzene rings is 1. The minimum Gasteiger partial charge on any atom is -0.488 e. The van der Waals surface area contributed by atoms with E-state index in [1.165, 1.54) is 18.2 Å². The summed E-state index contributed by atoms with van der Waals surface area (Å²) in [5, 5.41) is 0.144. The van der Waals surface area contributed by atoms with Gasteiger partial charge in [-0.05, 0) is 12.1 Å². The third-order valence-corrected chi connectivity index (χ3v) is 1.94. The number of carbonyl (C=O) groups excluding carboxylic acids is 1. The van der Waals surface area contributed by atoms with Crippen LogP contribution in [0.15, 0.2) is 18.2 Å². The van der Waals surface area contributed by atoms with Crippen LogP contribution in [0, 0.1) is 5.82 Å². The maximum atomic E-state index is 13.2. The molecule has 0 spiro atoms. The van der Waals surface area contributed by atoms with E-state index in [-0.39, 0.29) is 23.8 Å². The second-order valence-corrected chi connectivity index (χ2v) is 3.15.